The van der Waals surface area contributed by atoms with Crippen molar-refractivity contribution in [2.24, 2.45) is 23.0 Å². The number of aliphatic hydroxyl groups excluding tert-OH is 1. The molecule has 23 heteroatoms. The minimum Gasteiger partial charge on any atom is -0.481 e. The van der Waals surface area contributed by atoms with Crippen LogP contribution >= 0.6 is 23.5 Å². The fourth-order valence-corrected chi connectivity index (χ4v) is 13.8. The molecule has 80 heavy (non-hydrogen) atoms. The van der Waals surface area contributed by atoms with E-state index in [1.165, 1.54) is 37.9 Å². The number of aliphatic carboxylic acids is 2. The summed E-state index contributed by atoms with van der Waals surface area (Å²) < 4.78 is 52.5. The Kier molecular flexibility index (Phi) is 21.8. The molecule has 6 rings (SSSR count). The van der Waals surface area contributed by atoms with Crippen LogP contribution in [0.1, 0.15) is 124 Å². The van der Waals surface area contributed by atoms with Gasteiger partial charge in [0.05, 0.1) is 28.7 Å². The number of anilines is 1. The number of benzene rings is 2. The molecule has 2 aromatic rings. The number of hydrogen-bond donors (Lipinski definition) is 8. The van der Waals surface area contributed by atoms with Crippen molar-refractivity contribution in [2.75, 3.05) is 25.6 Å². The van der Waals surface area contributed by atoms with Crippen LogP contribution in [0.2, 0.25) is 0 Å². The number of rotatable bonds is 28. The third kappa shape index (κ3) is 14.9. The number of carboxylic acid groups (broad SMARTS) is 2. The summed E-state index contributed by atoms with van der Waals surface area (Å²) in [5.74, 6) is -7.71. The lowest BCUT2D eigenvalue weighted by Gasteiger charge is -2.58. The van der Waals surface area contributed by atoms with E-state index in [0.717, 1.165) is 34.4 Å². The van der Waals surface area contributed by atoms with Gasteiger partial charge in [0.2, 0.25) is 23.6 Å². The molecule has 4 fully saturated rings. The lowest BCUT2D eigenvalue weighted by atomic mass is 9.50. The number of ketones is 2. The number of carbonyl (C=O) groups excluding carboxylic acids is 6. The van der Waals surface area contributed by atoms with E-state index in [9.17, 15) is 53.7 Å². The van der Waals surface area contributed by atoms with Gasteiger partial charge in [-0.15, -0.1) is 11.8 Å². The van der Waals surface area contributed by atoms with Crippen LogP contribution in [0.25, 0.3) is 0 Å². The van der Waals surface area contributed by atoms with E-state index < -0.39 is 142 Å². The number of hydrogen-bond acceptors (Lipinski definition) is 15. The zero-order valence-electron chi connectivity index (χ0n) is 45.9. The maximum Gasteiger partial charge on any atom is 0.305 e. The van der Waals surface area contributed by atoms with Crippen molar-refractivity contribution in [1.82, 2.24) is 16.0 Å². The standard InChI is InChI=1S/C57H75F2N5O14S2/c1-7-9-11-36(66)25-34-29-56(59)40(26-41(34)58)39-27-45-57(44(67)31-65,54(39,4)30-46(56)76-6)78-53(77-45)33-12-16-37(17-13-33)79-38-18-14-35(15-19-38)63-50(73)32(3)62-51(74)42(20-21-48(69)70)64-47(68)22-24-61-52(75)43(28-49(71)72)80-55(5,60)23-10-8-2/h9,11-19,25,32,39-43,45-46,53,65H,7-8,10,20-24,26-31,60H2,1-6H3,(H,61,75)(H,62,74)(H,63,73)(H,64,68)(H,69,70)(H,71,72)/b11-9-,34-25+/t32-,39-,40-,41-,42-,43?,45+,46-,53+,54-,55?,56-,57+/m0/s1. The van der Waals surface area contributed by atoms with Gasteiger partial charge < -0.3 is 56.5 Å². The van der Waals surface area contributed by atoms with Gasteiger partial charge in [0, 0.05) is 65.3 Å². The average molecular weight is 1160 g/mol. The summed E-state index contributed by atoms with van der Waals surface area (Å²) in [5.41, 5.74) is 2.50. The minimum atomic E-state index is -2.04. The number of Topliss-reactive ketones (excluding diaryl/α,β-unsaturated/α-hetero) is 1. The predicted molar refractivity (Wildman–Crippen MR) is 295 cm³/mol. The number of halogens is 2. The number of carbonyl (C=O) groups is 8. The van der Waals surface area contributed by atoms with E-state index in [-0.39, 0.29) is 50.6 Å². The molecule has 438 valence electrons. The Morgan fingerprint density at radius 3 is 2.23 bits per heavy atom. The number of unbranched alkanes of at least 4 members (excludes halogenated alkanes) is 1. The normalized spacial score (nSPS) is 28.3. The van der Waals surface area contributed by atoms with Crippen molar-refractivity contribution in [3.63, 3.8) is 0 Å². The first-order valence-electron chi connectivity index (χ1n) is 27.0. The number of ether oxygens (including phenoxy) is 3. The number of fused-ring (bicyclic) bond motifs is 5. The largest absolute Gasteiger partial charge is 0.481 e. The van der Waals surface area contributed by atoms with Gasteiger partial charge in [-0.1, -0.05) is 63.6 Å². The second kappa shape index (κ2) is 27.5. The molecule has 3 aliphatic carbocycles. The van der Waals surface area contributed by atoms with E-state index in [4.69, 9.17) is 19.9 Å². The number of alkyl halides is 2. The molecule has 0 bridgehead atoms. The molecule has 2 unspecified atom stereocenters. The van der Waals surface area contributed by atoms with Crippen molar-refractivity contribution >= 4 is 76.3 Å². The van der Waals surface area contributed by atoms with Crippen LogP contribution in [0, 0.1) is 17.3 Å². The molecule has 3 saturated carbocycles. The van der Waals surface area contributed by atoms with Crippen LogP contribution in [0.15, 0.2) is 82.1 Å². The molecule has 13 atom stereocenters. The molecule has 1 heterocycles. The smallest absolute Gasteiger partial charge is 0.305 e. The summed E-state index contributed by atoms with van der Waals surface area (Å²) in [6.45, 7) is 7.71. The van der Waals surface area contributed by atoms with Crippen molar-refractivity contribution in [1.29, 1.82) is 0 Å². The Morgan fingerprint density at radius 1 is 0.938 bits per heavy atom. The quantitative estimate of drug-likeness (QED) is 0.0326. The van der Waals surface area contributed by atoms with E-state index in [1.807, 2.05) is 32.9 Å². The Hall–Kier alpha value is -5.56. The van der Waals surface area contributed by atoms with Gasteiger partial charge in [0.25, 0.3) is 0 Å². The number of thioether (sulfide) groups is 1. The van der Waals surface area contributed by atoms with Crippen molar-refractivity contribution in [3.05, 3.63) is 77.9 Å². The van der Waals surface area contributed by atoms with Crippen molar-refractivity contribution in [3.8, 4) is 0 Å². The van der Waals surface area contributed by atoms with Gasteiger partial charge in [-0.05, 0) is 112 Å². The van der Waals surface area contributed by atoms with Crippen LogP contribution in [0.5, 0.6) is 0 Å². The van der Waals surface area contributed by atoms with Gasteiger partial charge in [-0.2, -0.15) is 0 Å². The van der Waals surface area contributed by atoms with E-state index in [2.05, 4.69) is 21.3 Å². The molecule has 0 radical (unpaired) electrons. The van der Waals surface area contributed by atoms with Crippen LogP contribution < -0.4 is 27.0 Å². The van der Waals surface area contributed by atoms with Gasteiger partial charge >= 0.3 is 11.9 Å². The second-order valence-electron chi connectivity index (χ2n) is 21.6. The average Bonchev–Trinajstić information content (AvgIpc) is 4.14. The van der Waals surface area contributed by atoms with Gasteiger partial charge in [0.1, 0.15) is 30.5 Å². The monoisotopic (exact) mass is 1160 g/mol. The molecular formula is C57H75F2N5O14S2. The molecule has 2 aromatic carbocycles. The fourth-order valence-electron chi connectivity index (χ4n) is 11.7. The Balaban J connectivity index is 1.02. The maximum absolute atomic E-state index is 17.5. The summed E-state index contributed by atoms with van der Waals surface area (Å²) in [7, 11) is 1.37. The van der Waals surface area contributed by atoms with Crippen LogP contribution in [0.4, 0.5) is 14.5 Å². The minimum absolute atomic E-state index is 0.0158. The Labute approximate surface area is 473 Å². The highest BCUT2D eigenvalue weighted by Gasteiger charge is 2.77. The second-order valence-corrected chi connectivity index (χ2v) is 24.4. The van der Waals surface area contributed by atoms with E-state index in [1.54, 1.807) is 49.4 Å². The first-order valence-corrected chi connectivity index (χ1v) is 28.7. The van der Waals surface area contributed by atoms with Crippen LogP contribution in [-0.4, -0.2) is 135 Å². The summed E-state index contributed by atoms with van der Waals surface area (Å²) in [5, 5.41) is 38.3. The molecule has 4 amide bonds. The number of nitrogens with two attached hydrogens (primary N) is 1. The van der Waals surface area contributed by atoms with Gasteiger partial charge in [-0.25, -0.2) is 8.78 Å². The number of amides is 4. The summed E-state index contributed by atoms with van der Waals surface area (Å²) >= 11 is 2.43. The number of methoxy groups -OCH3 is 1. The molecule has 19 nitrogen and oxygen atoms in total. The van der Waals surface area contributed by atoms with Crippen molar-refractivity contribution in [2.45, 2.75) is 180 Å². The SMILES string of the molecule is CC/C=C\C(=O)/C=C1\C[C@@]2(F)[C@@H](OC)C[C@@]3(C)[C@@H](C[C@H]4O[C@@H](c5ccc(Sc6ccc(NC(=O)[C@H](C)NC(=O)[C@H](CCC(=O)O)NC(=O)CCNC(=O)C(CC(=O)O)SC(C)(N)CCCC)cc6)cc5)O[C@]43C(=O)CO)[C@@H]2C[C@@H]1F. The predicted octanol–water partition coefficient (Wildman–Crippen LogP) is 6.66. The first-order chi connectivity index (χ1) is 37.8. The summed E-state index contributed by atoms with van der Waals surface area (Å²) in [6.07, 6.45) is 0.401. The van der Waals surface area contributed by atoms with E-state index >= 15 is 8.78 Å². The lowest BCUT2D eigenvalue weighted by molar-refractivity contribution is -0.221. The topological polar surface area (TPSA) is 299 Å². The number of aliphatic hydroxyl groups is 1. The number of carboxylic acids is 2. The zero-order chi connectivity index (χ0) is 58.7. The third-order valence-electron chi connectivity index (χ3n) is 15.7. The maximum atomic E-state index is 17.5. The van der Waals surface area contributed by atoms with E-state index in [0.29, 0.717) is 24.1 Å². The first kappa shape index (κ1) is 63.6. The van der Waals surface area contributed by atoms with Crippen molar-refractivity contribution < 1.29 is 76.7 Å². The Bertz CT molecular complexity index is 2660. The molecule has 1 saturated heterocycles. The Morgan fingerprint density at radius 2 is 1.61 bits per heavy atom. The molecule has 4 aliphatic rings. The van der Waals surface area contributed by atoms with Crippen LogP contribution in [-0.2, 0) is 52.6 Å². The summed E-state index contributed by atoms with van der Waals surface area (Å²) in [4.78, 5) is 103. The number of allylic oxidation sites excluding steroid dienone is 4. The molecular weight excluding hydrogens is 1080 g/mol. The molecule has 0 spiro atoms. The highest BCUT2D eigenvalue weighted by molar-refractivity contribution is 8.01. The number of nitrogens with one attached hydrogen (secondary N) is 4. The molecule has 1 aliphatic heterocycles. The van der Waals surface area contributed by atoms with Gasteiger partial charge in [-0.3, -0.25) is 38.4 Å². The fraction of sp³-hybridized carbons (Fsp3) is 0.579. The lowest BCUT2D eigenvalue weighted by Crippen LogP contribution is -2.66. The van der Waals surface area contributed by atoms with Gasteiger partial charge in [0.15, 0.2) is 23.5 Å². The molecule has 9 N–H and O–H groups in total. The highest BCUT2D eigenvalue weighted by Crippen LogP contribution is 2.70. The summed E-state index contributed by atoms with van der Waals surface area (Å²) in [6, 6.07) is 11.6. The third-order valence-corrected chi connectivity index (χ3v) is 18.2. The molecule has 0 aromatic heterocycles. The zero-order valence-corrected chi connectivity index (χ0v) is 47.6. The van der Waals surface area contributed by atoms with Crippen LogP contribution in [0.3, 0.4) is 0 Å². The highest BCUT2D eigenvalue weighted by atomic mass is 32.2.